The lowest BCUT2D eigenvalue weighted by molar-refractivity contribution is -0.116. The molecule has 66 valence electrons. The molecule has 0 radical (unpaired) electrons. The molecule has 0 saturated carbocycles. The van der Waals surface area contributed by atoms with E-state index < -0.39 is 0 Å². The van der Waals surface area contributed by atoms with Gasteiger partial charge in [0, 0.05) is 11.7 Å². The number of nitrogens with zero attached hydrogens (tertiary/aromatic N) is 1. The summed E-state index contributed by atoms with van der Waals surface area (Å²) in [7, 11) is 0. The van der Waals surface area contributed by atoms with Crippen LogP contribution in [0.2, 0.25) is 0 Å². The quantitative estimate of drug-likeness (QED) is 0.674. The van der Waals surface area contributed by atoms with Crippen LogP contribution >= 0.6 is 11.8 Å². The molecule has 0 aliphatic heterocycles. The van der Waals surface area contributed by atoms with Crippen LogP contribution in [0.15, 0.2) is 22.1 Å². The number of Topliss-reactive ketones (excluding diaryl/α,β-unsaturated/α-hetero) is 1. The van der Waals surface area contributed by atoms with Crippen LogP contribution in [0, 0.1) is 0 Å². The molecule has 0 aliphatic rings. The van der Waals surface area contributed by atoms with Gasteiger partial charge in [0.15, 0.2) is 0 Å². The molecule has 1 aromatic heterocycles. The molecular formula is C8H11NO2S. The lowest BCUT2D eigenvalue weighted by atomic mass is 10.2. The van der Waals surface area contributed by atoms with Gasteiger partial charge in [0.25, 0.3) is 5.22 Å². The summed E-state index contributed by atoms with van der Waals surface area (Å²) < 4.78 is 5.03. The summed E-state index contributed by atoms with van der Waals surface area (Å²) >= 11 is 1.48. The van der Waals surface area contributed by atoms with Crippen molar-refractivity contribution in [3.8, 4) is 0 Å². The Morgan fingerprint density at radius 3 is 3.08 bits per heavy atom. The minimum Gasteiger partial charge on any atom is -0.440 e. The normalized spacial score (nSPS) is 12.8. The topological polar surface area (TPSA) is 43.1 Å². The Kier molecular flexibility index (Phi) is 3.34. The van der Waals surface area contributed by atoms with Gasteiger partial charge < -0.3 is 4.42 Å². The Morgan fingerprint density at radius 2 is 2.58 bits per heavy atom. The largest absolute Gasteiger partial charge is 0.440 e. The molecule has 1 atom stereocenters. The van der Waals surface area contributed by atoms with Crippen molar-refractivity contribution >= 4 is 17.5 Å². The summed E-state index contributed by atoms with van der Waals surface area (Å²) in [6.45, 7) is 3.57. The molecule has 12 heavy (non-hydrogen) atoms. The first-order chi connectivity index (χ1) is 5.68. The average Bonchev–Trinajstić information content (AvgIpc) is 2.37. The number of carbonyl (C=O) groups excluding carboxylic acids is 1. The number of oxazole rings is 1. The highest BCUT2D eigenvalue weighted by atomic mass is 32.2. The average molecular weight is 185 g/mol. The highest BCUT2D eigenvalue weighted by molar-refractivity contribution is 7.99. The van der Waals surface area contributed by atoms with Crippen molar-refractivity contribution in [2.24, 2.45) is 0 Å². The van der Waals surface area contributed by atoms with Gasteiger partial charge in [-0.05, 0) is 6.92 Å². The van der Waals surface area contributed by atoms with Crippen molar-refractivity contribution < 1.29 is 9.21 Å². The lowest BCUT2D eigenvalue weighted by Gasteiger charge is -2.03. The van der Waals surface area contributed by atoms with E-state index in [9.17, 15) is 4.79 Å². The van der Waals surface area contributed by atoms with Crippen molar-refractivity contribution in [2.75, 3.05) is 0 Å². The van der Waals surface area contributed by atoms with Crippen molar-refractivity contribution in [3.63, 3.8) is 0 Å². The van der Waals surface area contributed by atoms with Gasteiger partial charge in [-0.25, -0.2) is 4.98 Å². The Bertz CT molecular complexity index is 246. The maximum Gasteiger partial charge on any atom is 0.255 e. The summed E-state index contributed by atoms with van der Waals surface area (Å²) in [5.74, 6) is 0.196. The van der Waals surface area contributed by atoms with Crippen LogP contribution in [0.4, 0.5) is 0 Å². The van der Waals surface area contributed by atoms with Gasteiger partial charge in [-0.15, -0.1) is 0 Å². The lowest BCUT2D eigenvalue weighted by Crippen LogP contribution is -2.02. The van der Waals surface area contributed by atoms with Gasteiger partial charge in [-0.2, -0.15) is 0 Å². The highest BCUT2D eigenvalue weighted by Gasteiger charge is 2.09. The molecule has 1 rings (SSSR count). The molecule has 1 heterocycles. The van der Waals surface area contributed by atoms with Gasteiger partial charge in [-0.1, -0.05) is 18.7 Å². The molecule has 0 N–H and O–H groups in total. The summed E-state index contributed by atoms with van der Waals surface area (Å²) in [5, 5.41) is 0.866. The van der Waals surface area contributed by atoms with E-state index in [0.717, 1.165) is 0 Å². The highest BCUT2D eigenvalue weighted by Crippen LogP contribution is 2.22. The molecular weight excluding hydrogens is 174 g/mol. The van der Waals surface area contributed by atoms with E-state index in [2.05, 4.69) is 4.98 Å². The smallest absolute Gasteiger partial charge is 0.255 e. The van der Waals surface area contributed by atoms with Gasteiger partial charge in [0.05, 0.1) is 6.20 Å². The zero-order valence-electron chi connectivity index (χ0n) is 7.11. The predicted molar refractivity (Wildman–Crippen MR) is 47.1 cm³/mol. The van der Waals surface area contributed by atoms with E-state index in [1.807, 2.05) is 6.92 Å². The van der Waals surface area contributed by atoms with Crippen LogP contribution < -0.4 is 0 Å². The first-order valence-corrected chi connectivity index (χ1v) is 4.62. The van der Waals surface area contributed by atoms with Crippen LogP contribution in [0.25, 0.3) is 0 Å². The van der Waals surface area contributed by atoms with Gasteiger partial charge in [-0.3, -0.25) is 4.79 Å². The van der Waals surface area contributed by atoms with E-state index >= 15 is 0 Å². The molecule has 0 saturated heterocycles. The molecule has 0 aliphatic carbocycles. The second-order valence-corrected chi connectivity index (χ2v) is 4.02. The van der Waals surface area contributed by atoms with Crippen LogP contribution in [-0.4, -0.2) is 16.0 Å². The predicted octanol–water partition coefficient (Wildman–Crippen LogP) is 2.13. The van der Waals surface area contributed by atoms with Crippen LogP contribution in [0.5, 0.6) is 0 Å². The van der Waals surface area contributed by atoms with Gasteiger partial charge in [0.1, 0.15) is 12.0 Å². The zero-order chi connectivity index (χ0) is 8.97. The summed E-state index contributed by atoms with van der Waals surface area (Å²) in [6, 6.07) is 0. The molecule has 0 fully saturated rings. The molecule has 4 heteroatoms. The Morgan fingerprint density at radius 1 is 1.83 bits per heavy atom. The number of thioether (sulfide) groups is 1. The summed E-state index contributed by atoms with van der Waals surface area (Å²) in [5.41, 5.74) is 0. The van der Waals surface area contributed by atoms with Crippen molar-refractivity contribution in [2.45, 2.75) is 30.7 Å². The Labute approximate surface area is 75.6 Å². The second kappa shape index (κ2) is 4.30. The third-order valence-electron chi connectivity index (χ3n) is 1.29. The molecule has 0 spiro atoms. The first-order valence-electron chi connectivity index (χ1n) is 3.74. The number of aromatic nitrogens is 1. The van der Waals surface area contributed by atoms with E-state index in [4.69, 9.17) is 4.42 Å². The maximum atomic E-state index is 10.7. The standard InChI is InChI=1S/C8H11NO2S/c1-6(10)5-7(2)12-8-9-3-4-11-8/h3-4,7H,5H2,1-2H3. The number of ketones is 1. The number of rotatable bonds is 4. The zero-order valence-corrected chi connectivity index (χ0v) is 7.93. The fraction of sp³-hybridized carbons (Fsp3) is 0.500. The monoisotopic (exact) mass is 185 g/mol. The summed E-state index contributed by atoms with van der Waals surface area (Å²) in [4.78, 5) is 14.7. The molecule has 1 unspecified atom stereocenters. The third kappa shape index (κ3) is 3.09. The molecule has 0 aromatic carbocycles. The van der Waals surface area contributed by atoms with E-state index in [-0.39, 0.29) is 11.0 Å². The van der Waals surface area contributed by atoms with Crippen LogP contribution in [-0.2, 0) is 4.79 Å². The Hall–Kier alpha value is -0.770. The molecule has 0 bridgehead atoms. The van der Waals surface area contributed by atoms with Gasteiger partial charge >= 0.3 is 0 Å². The van der Waals surface area contributed by atoms with E-state index in [1.165, 1.54) is 18.0 Å². The molecule has 1 aromatic rings. The van der Waals surface area contributed by atoms with E-state index in [1.54, 1.807) is 13.1 Å². The second-order valence-electron chi connectivity index (χ2n) is 2.63. The fourth-order valence-corrected chi connectivity index (χ4v) is 1.78. The van der Waals surface area contributed by atoms with Crippen molar-refractivity contribution in [1.29, 1.82) is 0 Å². The van der Waals surface area contributed by atoms with Gasteiger partial charge in [0.2, 0.25) is 0 Å². The Balaban J connectivity index is 2.36. The number of hydrogen-bond donors (Lipinski definition) is 0. The molecule has 3 nitrogen and oxygen atoms in total. The van der Waals surface area contributed by atoms with Crippen molar-refractivity contribution in [3.05, 3.63) is 12.5 Å². The number of carbonyl (C=O) groups is 1. The molecule has 0 amide bonds. The summed E-state index contributed by atoms with van der Waals surface area (Å²) in [6.07, 6.45) is 3.69. The maximum absolute atomic E-state index is 10.7. The minimum atomic E-state index is 0.196. The SMILES string of the molecule is CC(=O)CC(C)Sc1ncco1. The van der Waals surface area contributed by atoms with E-state index in [0.29, 0.717) is 11.6 Å². The fourth-order valence-electron chi connectivity index (χ4n) is 0.887. The number of hydrogen-bond acceptors (Lipinski definition) is 4. The van der Waals surface area contributed by atoms with Crippen molar-refractivity contribution in [1.82, 2.24) is 4.98 Å². The minimum absolute atomic E-state index is 0.196. The first kappa shape index (κ1) is 9.32. The van der Waals surface area contributed by atoms with Crippen LogP contribution in [0.3, 0.4) is 0 Å². The third-order valence-corrected chi connectivity index (χ3v) is 2.26. The van der Waals surface area contributed by atoms with Crippen LogP contribution in [0.1, 0.15) is 20.3 Å².